The van der Waals surface area contributed by atoms with Gasteiger partial charge in [0.15, 0.2) is 11.6 Å². The van der Waals surface area contributed by atoms with E-state index in [9.17, 15) is 14.3 Å². The van der Waals surface area contributed by atoms with E-state index in [1.807, 2.05) is 0 Å². The third kappa shape index (κ3) is 5.55. The molecule has 7 heteroatoms. The fraction of sp³-hybridized carbons (Fsp3) is 0.467. The summed E-state index contributed by atoms with van der Waals surface area (Å²) in [5.41, 5.74) is 1.15. The van der Waals surface area contributed by atoms with E-state index in [1.165, 1.54) is 12.5 Å². The lowest BCUT2D eigenvalue weighted by molar-refractivity contribution is -0.127. The third-order valence-electron chi connectivity index (χ3n) is 8.06. The van der Waals surface area contributed by atoms with Gasteiger partial charge < -0.3 is 15.0 Å². The summed E-state index contributed by atoms with van der Waals surface area (Å²) in [6.07, 6.45) is 13.9. The lowest BCUT2D eigenvalue weighted by atomic mass is 9.82. The van der Waals surface area contributed by atoms with Gasteiger partial charge >= 0.3 is 0 Å². The molecule has 2 fully saturated rings. The number of hydrogen-bond acceptors (Lipinski definition) is 3. The maximum atomic E-state index is 15.5. The molecule has 1 heterocycles. The van der Waals surface area contributed by atoms with Crippen molar-refractivity contribution in [3.05, 3.63) is 71.6 Å². The Balaban J connectivity index is 1.55. The Morgan fingerprint density at radius 3 is 2.41 bits per heavy atom. The zero-order valence-electron chi connectivity index (χ0n) is 21.1. The van der Waals surface area contributed by atoms with Gasteiger partial charge in [-0.3, -0.25) is 4.79 Å². The van der Waals surface area contributed by atoms with Gasteiger partial charge in [-0.1, -0.05) is 62.8 Å². The number of phenols is 1. The van der Waals surface area contributed by atoms with Crippen molar-refractivity contribution in [2.24, 2.45) is 5.92 Å². The van der Waals surface area contributed by atoms with Crippen molar-refractivity contribution in [3.63, 3.8) is 0 Å². The number of phenolic OH excluding ortho intramolecular Hbond substituents is 1. The van der Waals surface area contributed by atoms with Crippen LogP contribution in [0.4, 0.5) is 8.78 Å². The molecule has 1 atom stereocenters. The summed E-state index contributed by atoms with van der Waals surface area (Å²) in [6, 6.07) is 9.11. The largest absolute Gasteiger partial charge is 0.508 e. The van der Waals surface area contributed by atoms with Gasteiger partial charge in [0.2, 0.25) is 5.91 Å². The Labute approximate surface area is 216 Å². The van der Waals surface area contributed by atoms with Crippen molar-refractivity contribution >= 4 is 5.91 Å². The first kappa shape index (κ1) is 25.4. The Bertz CT molecular complexity index is 1230. The minimum atomic E-state index is -0.990. The summed E-state index contributed by atoms with van der Waals surface area (Å²) >= 11 is 0. The first-order valence-corrected chi connectivity index (χ1v) is 13.6. The fourth-order valence-corrected chi connectivity index (χ4v) is 6.13. The van der Waals surface area contributed by atoms with E-state index in [2.05, 4.69) is 10.3 Å². The van der Waals surface area contributed by atoms with Crippen molar-refractivity contribution in [1.82, 2.24) is 14.9 Å². The van der Waals surface area contributed by atoms with Crippen LogP contribution in [0.3, 0.4) is 0 Å². The predicted octanol–water partition coefficient (Wildman–Crippen LogP) is 6.70. The van der Waals surface area contributed by atoms with Gasteiger partial charge in [-0.15, -0.1) is 0 Å². The summed E-state index contributed by atoms with van der Waals surface area (Å²) < 4.78 is 31.8. The highest BCUT2D eigenvalue weighted by Crippen LogP contribution is 2.38. The summed E-state index contributed by atoms with van der Waals surface area (Å²) in [5.74, 6) is -1.58. The average Bonchev–Trinajstić information content (AvgIpc) is 3.37. The van der Waals surface area contributed by atoms with Crippen LogP contribution in [0.15, 0.2) is 48.8 Å². The summed E-state index contributed by atoms with van der Waals surface area (Å²) in [7, 11) is 0. The molecule has 196 valence electrons. The van der Waals surface area contributed by atoms with Crippen molar-refractivity contribution in [3.8, 4) is 17.1 Å². The van der Waals surface area contributed by atoms with Crippen LogP contribution in [0.2, 0.25) is 0 Å². The quantitative estimate of drug-likeness (QED) is 0.374. The number of imidazole rings is 1. The number of benzene rings is 2. The van der Waals surface area contributed by atoms with Gasteiger partial charge in [0.1, 0.15) is 17.6 Å². The smallest absolute Gasteiger partial charge is 0.243 e. The maximum Gasteiger partial charge on any atom is 0.243 e. The minimum absolute atomic E-state index is 0.0412. The molecule has 0 bridgehead atoms. The fourth-order valence-electron chi connectivity index (χ4n) is 6.13. The maximum absolute atomic E-state index is 15.5. The number of carbonyl (C=O) groups is 1. The van der Waals surface area contributed by atoms with Crippen LogP contribution in [0.5, 0.6) is 5.75 Å². The average molecular weight is 508 g/mol. The molecule has 1 amide bonds. The number of nitrogens with one attached hydrogen (secondary N) is 1. The molecule has 0 aliphatic heterocycles. The predicted molar refractivity (Wildman–Crippen MR) is 139 cm³/mol. The van der Waals surface area contributed by atoms with Crippen LogP contribution < -0.4 is 5.32 Å². The molecule has 0 saturated heterocycles. The highest BCUT2D eigenvalue weighted by atomic mass is 19.2. The van der Waals surface area contributed by atoms with Crippen molar-refractivity contribution in [1.29, 1.82) is 0 Å². The van der Waals surface area contributed by atoms with E-state index in [-0.39, 0.29) is 41.4 Å². The molecule has 0 radical (unpaired) electrons. The number of amides is 1. The van der Waals surface area contributed by atoms with Crippen LogP contribution in [0, 0.1) is 17.6 Å². The molecule has 3 aromatic rings. The Morgan fingerprint density at radius 2 is 1.68 bits per heavy atom. The molecular formula is C30H35F2N3O2. The molecule has 2 saturated carbocycles. The van der Waals surface area contributed by atoms with Gasteiger partial charge in [-0.25, -0.2) is 13.8 Å². The van der Waals surface area contributed by atoms with Crippen LogP contribution in [0.1, 0.15) is 81.4 Å². The van der Waals surface area contributed by atoms with Gasteiger partial charge in [-0.05, 0) is 54.9 Å². The van der Waals surface area contributed by atoms with Crippen LogP contribution in [-0.4, -0.2) is 26.6 Å². The highest BCUT2D eigenvalue weighted by molar-refractivity contribution is 5.82. The first-order valence-electron chi connectivity index (χ1n) is 13.6. The molecule has 2 N–H and O–H groups in total. The first-order chi connectivity index (χ1) is 18.0. The van der Waals surface area contributed by atoms with E-state index < -0.39 is 17.7 Å². The molecule has 37 heavy (non-hydrogen) atoms. The molecule has 2 aromatic carbocycles. The molecular weight excluding hydrogens is 472 g/mol. The normalized spacial score (nSPS) is 18.0. The highest BCUT2D eigenvalue weighted by Gasteiger charge is 2.35. The molecule has 2 aliphatic carbocycles. The number of aromatic hydroxyl groups is 1. The zero-order valence-corrected chi connectivity index (χ0v) is 21.1. The Morgan fingerprint density at radius 1 is 0.973 bits per heavy atom. The van der Waals surface area contributed by atoms with Crippen molar-refractivity contribution in [2.75, 3.05) is 0 Å². The minimum Gasteiger partial charge on any atom is -0.508 e. The second-order valence-corrected chi connectivity index (χ2v) is 10.5. The summed E-state index contributed by atoms with van der Waals surface area (Å²) in [6.45, 7) is 0. The second kappa shape index (κ2) is 11.4. The Hall–Kier alpha value is -3.22. The number of aromatic nitrogens is 2. The van der Waals surface area contributed by atoms with Crippen LogP contribution >= 0.6 is 0 Å². The molecule has 5 rings (SSSR count). The van der Waals surface area contributed by atoms with Gasteiger partial charge in [0.05, 0.1) is 5.56 Å². The summed E-state index contributed by atoms with van der Waals surface area (Å²) in [5, 5.41) is 13.6. The molecule has 1 unspecified atom stereocenters. The Kier molecular flexibility index (Phi) is 7.87. The number of nitrogens with zero attached hydrogens (tertiary/aromatic N) is 2. The zero-order chi connectivity index (χ0) is 25.8. The van der Waals surface area contributed by atoms with E-state index in [0.29, 0.717) is 11.1 Å². The lowest BCUT2D eigenvalue weighted by Gasteiger charge is -2.33. The van der Waals surface area contributed by atoms with Gasteiger partial charge in [-0.2, -0.15) is 0 Å². The van der Waals surface area contributed by atoms with Crippen LogP contribution in [0.25, 0.3) is 11.4 Å². The second-order valence-electron chi connectivity index (χ2n) is 10.5. The molecule has 0 spiro atoms. The molecule has 1 aromatic heterocycles. The number of para-hydroxylation sites is 1. The van der Waals surface area contributed by atoms with E-state index in [0.717, 1.165) is 63.9 Å². The van der Waals surface area contributed by atoms with Crippen LogP contribution in [-0.2, 0) is 11.2 Å². The third-order valence-corrected chi connectivity index (χ3v) is 8.06. The van der Waals surface area contributed by atoms with E-state index in [4.69, 9.17) is 0 Å². The number of rotatable bonds is 7. The topological polar surface area (TPSA) is 67.2 Å². The van der Waals surface area contributed by atoms with E-state index >= 15 is 4.39 Å². The summed E-state index contributed by atoms with van der Waals surface area (Å²) in [4.78, 5) is 18.3. The number of halogens is 2. The SMILES string of the molecule is O=C(NC1CCCCC1)C(C1CCCCC1)n1ccnc1-c1c(Cc2ccccc2O)ccc(F)c1F. The molecule has 5 nitrogen and oxygen atoms in total. The monoisotopic (exact) mass is 507 g/mol. The van der Waals surface area contributed by atoms with E-state index in [1.54, 1.807) is 41.2 Å². The van der Waals surface area contributed by atoms with Crippen molar-refractivity contribution < 1.29 is 18.7 Å². The number of hydrogen-bond donors (Lipinski definition) is 2. The molecule has 2 aliphatic rings. The van der Waals surface area contributed by atoms with Crippen molar-refractivity contribution in [2.45, 2.75) is 82.7 Å². The standard InChI is InChI=1S/C30H35F2N3O2/c31-24-16-15-22(19-21-11-7-8-14-25(21)36)26(27(24)32)29-33-17-18-35(29)28(20-9-3-1-4-10-20)30(37)34-23-12-5-2-6-13-23/h7-8,11,14-18,20,23,28,36H,1-6,9-10,12-13,19H2,(H,34,37). The lowest BCUT2D eigenvalue weighted by Crippen LogP contribution is -2.43. The number of carbonyl (C=O) groups excluding carboxylic acids is 1. The van der Waals surface area contributed by atoms with Gasteiger partial charge in [0.25, 0.3) is 0 Å². The van der Waals surface area contributed by atoms with Gasteiger partial charge in [0, 0.05) is 24.9 Å².